The highest BCUT2D eigenvalue weighted by Gasteiger charge is 2.27. The molecule has 1 aliphatic carbocycles. The van der Waals surface area contributed by atoms with E-state index < -0.39 is 0 Å². The molecule has 1 N–H and O–H groups in total. The molecule has 2 aromatic heterocycles. The number of thiophene rings is 1. The van der Waals surface area contributed by atoms with E-state index in [4.69, 9.17) is 0 Å². The highest BCUT2D eigenvalue weighted by atomic mass is 32.1. The second kappa shape index (κ2) is 6.68. The van der Waals surface area contributed by atoms with E-state index >= 15 is 0 Å². The summed E-state index contributed by atoms with van der Waals surface area (Å²) in [6, 6.07) is 8.50. The number of aromatic nitrogens is 2. The number of carbonyl (C=O) groups excluding carboxylic acids is 1. The fraction of sp³-hybridized carbons (Fsp3) is 0.350. The van der Waals surface area contributed by atoms with Gasteiger partial charge in [0.1, 0.15) is 10.2 Å². The lowest BCUT2D eigenvalue weighted by Gasteiger charge is -2.07. The zero-order valence-corrected chi connectivity index (χ0v) is 15.7. The summed E-state index contributed by atoms with van der Waals surface area (Å²) < 4.78 is 2.28. The van der Waals surface area contributed by atoms with Crippen LogP contribution in [0, 0.1) is 6.92 Å². The molecule has 5 nitrogen and oxygen atoms in total. The zero-order chi connectivity index (χ0) is 18.3. The van der Waals surface area contributed by atoms with Crippen LogP contribution >= 0.6 is 11.3 Å². The highest BCUT2D eigenvalue weighted by molar-refractivity contribution is 7.19. The van der Waals surface area contributed by atoms with Gasteiger partial charge in [0, 0.05) is 17.5 Å². The van der Waals surface area contributed by atoms with E-state index in [1.54, 1.807) is 10.9 Å². The molecule has 0 saturated heterocycles. The first-order valence-corrected chi connectivity index (χ1v) is 9.76. The molecule has 0 aliphatic heterocycles. The molecule has 26 heavy (non-hydrogen) atoms. The van der Waals surface area contributed by atoms with Crippen molar-refractivity contribution in [3.63, 3.8) is 0 Å². The maximum absolute atomic E-state index is 12.7. The number of rotatable bonds is 5. The van der Waals surface area contributed by atoms with Crippen molar-refractivity contribution in [1.29, 1.82) is 0 Å². The summed E-state index contributed by atoms with van der Waals surface area (Å²) in [6.07, 6.45) is 4.65. The normalized spacial score (nSPS) is 13.9. The Morgan fingerprint density at radius 1 is 1.27 bits per heavy atom. The highest BCUT2D eigenvalue weighted by Crippen LogP contribution is 2.34. The maximum Gasteiger partial charge on any atom is 0.271 e. The van der Waals surface area contributed by atoms with Gasteiger partial charge < -0.3 is 5.32 Å². The Hall–Kier alpha value is -2.47. The van der Waals surface area contributed by atoms with Crippen molar-refractivity contribution < 1.29 is 4.79 Å². The van der Waals surface area contributed by atoms with Gasteiger partial charge in [0.15, 0.2) is 0 Å². The quantitative estimate of drug-likeness (QED) is 0.749. The molecule has 2 heterocycles. The Balaban J connectivity index is 1.59. The van der Waals surface area contributed by atoms with Gasteiger partial charge in [0.25, 0.3) is 11.5 Å². The standard InChI is InChI=1S/C20H21N3O2S/c1-3-13-4-6-14(7-5-13)10-21-19(24)16-12(2)26-18-17(16)22-11-23(20(18)25)15-8-9-15/h4-7,11,15H,3,8-10H2,1-2H3,(H,21,24). The first-order chi connectivity index (χ1) is 12.6. The number of aryl methyl sites for hydroxylation is 2. The van der Waals surface area contributed by atoms with Gasteiger partial charge in [-0.1, -0.05) is 31.2 Å². The summed E-state index contributed by atoms with van der Waals surface area (Å²) in [5, 5.41) is 2.96. The molecule has 1 aliphatic rings. The van der Waals surface area contributed by atoms with E-state index in [0.29, 0.717) is 22.3 Å². The van der Waals surface area contributed by atoms with Gasteiger partial charge >= 0.3 is 0 Å². The molecule has 6 heteroatoms. The Bertz CT molecular complexity index is 1030. The molecule has 4 rings (SSSR count). The van der Waals surface area contributed by atoms with E-state index in [1.165, 1.54) is 16.9 Å². The Morgan fingerprint density at radius 3 is 2.62 bits per heavy atom. The number of nitrogens with zero attached hydrogens (tertiary/aromatic N) is 2. The number of carbonyl (C=O) groups is 1. The third-order valence-corrected chi connectivity index (χ3v) is 5.93. The number of benzene rings is 1. The van der Waals surface area contributed by atoms with Gasteiger partial charge in [-0.05, 0) is 37.3 Å². The van der Waals surface area contributed by atoms with E-state index in [2.05, 4.69) is 29.4 Å². The summed E-state index contributed by atoms with van der Waals surface area (Å²) in [4.78, 5) is 30.6. The summed E-state index contributed by atoms with van der Waals surface area (Å²) in [7, 11) is 0. The summed E-state index contributed by atoms with van der Waals surface area (Å²) in [5.74, 6) is -0.176. The van der Waals surface area contributed by atoms with Gasteiger partial charge in [0.05, 0.1) is 11.9 Å². The van der Waals surface area contributed by atoms with Crippen molar-refractivity contribution in [2.24, 2.45) is 0 Å². The molecule has 1 saturated carbocycles. The Morgan fingerprint density at radius 2 is 1.96 bits per heavy atom. The van der Waals surface area contributed by atoms with Crippen molar-refractivity contribution in [2.45, 2.75) is 45.7 Å². The molecule has 1 fully saturated rings. The fourth-order valence-corrected chi connectivity index (χ4v) is 4.18. The van der Waals surface area contributed by atoms with Crippen molar-refractivity contribution in [2.75, 3.05) is 0 Å². The smallest absolute Gasteiger partial charge is 0.271 e. The minimum Gasteiger partial charge on any atom is -0.348 e. The third kappa shape index (κ3) is 3.05. The van der Waals surface area contributed by atoms with Crippen molar-refractivity contribution in [3.8, 4) is 0 Å². The van der Waals surface area contributed by atoms with Crippen LogP contribution in [0.15, 0.2) is 35.4 Å². The summed E-state index contributed by atoms with van der Waals surface area (Å²) in [6.45, 7) is 4.45. The summed E-state index contributed by atoms with van der Waals surface area (Å²) in [5.41, 5.74) is 3.34. The zero-order valence-electron chi connectivity index (χ0n) is 14.9. The maximum atomic E-state index is 12.7. The summed E-state index contributed by atoms with van der Waals surface area (Å²) >= 11 is 1.36. The van der Waals surface area contributed by atoms with Gasteiger partial charge in [-0.15, -0.1) is 11.3 Å². The van der Waals surface area contributed by atoms with Crippen molar-refractivity contribution in [1.82, 2.24) is 14.9 Å². The first-order valence-electron chi connectivity index (χ1n) is 8.94. The third-order valence-electron chi connectivity index (χ3n) is 4.85. The molecule has 0 unspecified atom stereocenters. The number of hydrogen-bond acceptors (Lipinski definition) is 4. The van der Waals surface area contributed by atoms with Crippen LogP contribution in [0.5, 0.6) is 0 Å². The van der Waals surface area contributed by atoms with Crippen LogP contribution < -0.4 is 10.9 Å². The largest absolute Gasteiger partial charge is 0.348 e. The predicted molar refractivity (Wildman–Crippen MR) is 104 cm³/mol. The average molecular weight is 367 g/mol. The van der Waals surface area contributed by atoms with Crippen LogP contribution in [-0.2, 0) is 13.0 Å². The Kier molecular flexibility index (Phi) is 4.36. The SMILES string of the molecule is CCc1ccc(CNC(=O)c2c(C)sc3c(=O)n(C4CC4)cnc23)cc1. The molecule has 134 valence electrons. The average Bonchev–Trinajstić information content (AvgIpc) is 3.43. The first kappa shape index (κ1) is 17.0. The minimum atomic E-state index is -0.176. The van der Waals surface area contributed by atoms with Crippen LogP contribution in [0.3, 0.4) is 0 Å². The Labute approximate surface area is 155 Å². The van der Waals surface area contributed by atoms with Crippen LogP contribution in [-0.4, -0.2) is 15.5 Å². The number of amides is 1. The molecular weight excluding hydrogens is 346 g/mol. The van der Waals surface area contributed by atoms with Crippen LogP contribution in [0.4, 0.5) is 0 Å². The molecule has 1 aromatic carbocycles. The van der Waals surface area contributed by atoms with E-state index in [9.17, 15) is 9.59 Å². The monoisotopic (exact) mass is 367 g/mol. The topological polar surface area (TPSA) is 64.0 Å². The number of nitrogens with one attached hydrogen (secondary N) is 1. The molecular formula is C20H21N3O2S. The van der Waals surface area contributed by atoms with Gasteiger partial charge in [-0.3, -0.25) is 14.2 Å². The van der Waals surface area contributed by atoms with Crippen LogP contribution in [0.25, 0.3) is 10.2 Å². The number of hydrogen-bond donors (Lipinski definition) is 1. The van der Waals surface area contributed by atoms with E-state index in [-0.39, 0.29) is 17.5 Å². The van der Waals surface area contributed by atoms with Gasteiger partial charge in [0.2, 0.25) is 0 Å². The lowest BCUT2D eigenvalue weighted by Crippen LogP contribution is -2.24. The lowest BCUT2D eigenvalue weighted by molar-refractivity contribution is 0.0952. The molecule has 0 spiro atoms. The fourth-order valence-electron chi connectivity index (χ4n) is 3.13. The van der Waals surface area contributed by atoms with E-state index in [1.807, 2.05) is 19.1 Å². The van der Waals surface area contributed by atoms with Gasteiger partial charge in [-0.25, -0.2) is 4.98 Å². The van der Waals surface area contributed by atoms with Crippen molar-refractivity contribution >= 4 is 27.5 Å². The van der Waals surface area contributed by atoms with Gasteiger partial charge in [-0.2, -0.15) is 0 Å². The molecule has 0 atom stereocenters. The lowest BCUT2D eigenvalue weighted by atomic mass is 10.1. The second-order valence-corrected chi connectivity index (χ2v) is 7.98. The molecule has 0 bridgehead atoms. The minimum absolute atomic E-state index is 0.0280. The van der Waals surface area contributed by atoms with Crippen LogP contribution in [0.1, 0.15) is 52.2 Å². The van der Waals surface area contributed by atoms with Crippen molar-refractivity contribution in [3.05, 3.63) is 62.5 Å². The molecule has 1 amide bonds. The molecule has 3 aromatic rings. The second-order valence-electron chi connectivity index (χ2n) is 6.75. The van der Waals surface area contributed by atoms with E-state index in [0.717, 1.165) is 29.7 Å². The number of fused-ring (bicyclic) bond motifs is 1. The molecule has 0 radical (unpaired) electrons. The predicted octanol–water partition coefficient (Wildman–Crippen LogP) is 3.59. The van der Waals surface area contributed by atoms with Crippen LogP contribution in [0.2, 0.25) is 0 Å².